The highest BCUT2D eigenvalue weighted by Crippen LogP contribution is 2.22. The van der Waals surface area contributed by atoms with Crippen LogP contribution in [0, 0.1) is 0 Å². The molecule has 0 saturated carbocycles. The fraction of sp³-hybridized carbons (Fsp3) is 0.333. The molecular weight excluding hydrogens is 406 g/mol. The average Bonchev–Trinajstić information content (AvgIpc) is 3.25. The SMILES string of the molecule is CN(C)CCn1c(CCNC(=O)CCN2C(=O)c3ccccc3C2=O)nc2ccccc21. The smallest absolute Gasteiger partial charge is 0.261 e. The van der Waals surface area contributed by atoms with Crippen LogP contribution in [0.25, 0.3) is 11.0 Å². The predicted octanol–water partition coefficient (Wildman–Crippen LogP) is 1.94. The summed E-state index contributed by atoms with van der Waals surface area (Å²) in [6.45, 7) is 2.21. The summed E-state index contributed by atoms with van der Waals surface area (Å²) in [6.07, 6.45) is 0.670. The summed E-state index contributed by atoms with van der Waals surface area (Å²) in [5.74, 6) is 0.0484. The zero-order valence-corrected chi connectivity index (χ0v) is 18.4. The van der Waals surface area contributed by atoms with Crippen molar-refractivity contribution < 1.29 is 14.4 Å². The first-order chi connectivity index (χ1) is 15.5. The van der Waals surface area contributed by atoms with E-state index < -0.39 is 0 Å². The number of carbonyl (C=O) groups excluding carboxylic acids is 3. The Hall–Kier alpha value is -3.52. The number of nitrogens with one attached hydrogen (secondary N) is 1. The molecule has 0 radical (unpaired) electrons. The Morgan fingerprint density at radius 2 is 1.62 bits per heavy atom. The fourth-order valence-corrected chi connectivity index (χ4v) is 3.92. The number of nitrogens with zero attached hydrogens (tertiary/aromatic N) is 4. The molecule has 3 aromatic rings. The van der Waals surface area contributed by atoms with Crippen LogP contribution in [0.5, 0.6) is 0 Å². The summed E-state index contributed by atoms with van der Waals surface area (Å²) in [5, 5.41) is 2.89. The van der Waals surface area contributed by atoms with E-state index in [-0.39, 0.29) is 30.7 Å². The summed E-state index contributed by atoms with van der Waals surface area (Å²) in [7, 11) is 4.07. The van der Waals surface area contributed by atoms with Crippen LogP contribution < -0.4 is 5.32 Å². The molecule has 0 fully saturated rings. The molecule has 4 rings (SSSR count). The number of carbonyl (C=O) groups is 3. The first kappa shape index (κ1) is 21.7. The van der Waals surface area contributed by atoms with Crippen molar-refractivity contribution in [3.63, 3.8) is 0 Å². The van der Waals surface area contributed by atoms with E-state index in [0.29, 0.717) is 24.1 Å². The zero-order valence-electron chi connectivity index (χ0n) is 18.4. The number of imidazole rings is 1. The van der Waals surface area contributed by atoms with Crippen LogP contribution in [0.3, 0.4) is 0 Å². The molecule has 0 saturated heterocycles. The van der Waals surface area contributed by atoms with Crippen LogP contribution in [-0.4, -0.2) is 70.8 Å². The largest absolute Gasteiger partial charge is 0.356 e. The molecule has 1 aromatic heterocycles. The van der Waals surface area contributed by atoms with Gasteiger partial charge in [-0.25, -0.2) is 4.98 Å². The topological polar surface area (TPSA) is 87.5 Å². The van der Waals surface area contributed by atoms with Gasteiger partial charge in [0, 0.05) is 39.0 Å². The molecule has 0 atom stereocenters. The van der Waals surface area contributed by atoms with Crippen molar-refractivity contribution in [3.8, 4) is 0 Å². The van der Waals surface area contributed by atoms with Crippen LogP contribution >= 0.6 is 0 Å². The molecule has 8 heteroatoms. The van der Waals surface area contributed by atoms with Gasteiger partial charge < -0.3 is 14.8 Å². The number of likely N-dealkylation sites (N-methyl/N-ethyl adjacent to an activating group) is 1. The maximum absolute atomic E-state index is 12.4. The monoisotopic (exact) mass is 433 g/mol. The quantitative estimate of drug-likeness (QED) is 0.521. The molecular formula is C24H27N5O3. The Labute approximate surface area is 186 Å². The summed E-state index contributed by atoms with van der Waals surface area (Å²) < 4.78 is 2.19. The van der Waals surface area contributed by atoms with Crippen molar-refractivity contribution >= 4 is 28.8 Å². The van der Waals surface area contributed by atoms with E-state index in [4.69, 9.17) is 4.98 Å². The third kappa shape index (κ3) is 4.40. The van der Waals surface area contributed by atoms with Crippen molar-refractivity contribution in [2.24, 2.45) is 0 Å². The van der Waals surface area contributed by atoms with Gasteiger partial charge in [-0.15, -0.1) is 0 Å². The van der Waals surface area contributed by atoms with E-state index in [1.807, 2.05) is 32.3 Å². The van der Waals surface area contributed by atoms with Gasteiger partial charge >= 0.3 is 0 Å². The van der Waals surface area contributed by atoms with Gasteiger partial charge in [0.2, 0.25) is 5.91 Å². The van der Waals surface area contributed by atoms with Crippen molar-refractivity contribution in [2.45, 2.75) is 19.4 Å². The summed E-state index contributed by atoms with van der Waals surface area (Å²) in [5.41, 5.74) is 2.82. The minimum atomic E-state index is -0.340. The lowest BCUT2D eigenvalue weighted by Gasteiger charge is -2.14. The van der Waals surface area contributed by atoms with E-state index in [1.54, 1.807) is 24.3 Å². The van der Waals surface area contributed by atoms with Gasteiger partial charge in [0.1, 0.15) is 5.82 Å². The lowest BCUT2D eigenvalue weighted by atomic mass is 10.1. The molecule has 0 unspecified atom stereocenters. The highest BCUT2D eigenvalue weighted by atomic mass is 16.2. The minimum Gasteiger partial charge on any atom is -0.356 e. The van der Waals surface area contributed by atoms with E-state index in [1.165, 1.54) is 0 Å². The molecule has 32 heavy (non-hydrogen) atoms. The molecule has 0 aliphatic carbocycles. The normalized spacial score (nSPS) is 13.3. The van der Waals surface area contributed by atoms with Gasteiger partial charge in [0.05, 0.1) is 22.2 Å². The number of rotatable bonds is 9. The highest BCUT2D eigenvalue weighted by Gasteiger charge is 2.34. The molecule has 166 valence electrons. The van der Waals surface area contributed by atoms with Crippen molar-refractivity contribution in [2.75, 3.05) is 33.7 Å². The Kier molecular flexibility index (Phi) is 6.32. The van der Waals surface area contributed by atoms with Crippen molar-refractivity contribution in [1.29, 1.82) is 0 Å². The number of amides is 3. The third-order valence-corrected chi connectivity index (χ3v) is 5.62. The van der Waals surface area contributed by atoms with E-state index >= 15 is 0 Å². The highest BCUT2D eigenvalue weighted by molar-refractivity contribution is 6.21. The average molecular weight is 434 g/mol. The van der Waals surface area contributed by atoms with Gasteiger partial charge in [0.25, 0.3) is 11.8 Å². The van der Waals surface area contributed by atoms with Crippen LogP contribution in [-0.2, 0) is 17.8 Å². The lowest BCUT2D eigenvalue weighted by molar-refractivity contribution is -0.121. The van der Waals surface area contributed by atoms with Gasteiger partial charge in [-0.05, 0) is 38.4 Å². The Bertz CT molecular complexity index is 1130. The van der Waals surface area contributed by atoms with Crippen molar-refractivity contribution in [3.05, 3.63) is 65.5 Å². The number of imide groups is 1. The molecule has 8 nitrogen and oxygen atoms in total. The zero-order chi connectivity index (χ0) is 22.7. The molecule has 2 aromatic carbocycles. The Morgan fingerprint density at radius 1 is 0.969 bits per heavy atom. The van der Waals surface area contributed by atoms with Crippen LogP contribution in [0.4, 0.5) is 0 Å². The van der Waals surface area contributed by atoms with Crippen molar-refractivity contribution in [1.82, 2.24) is 24.7 Å². The molecule has 3 amide bonds. The van der Waals surface area contributed by atoms with Gasteiger partial charge in [0.15, 0.2) is 0 Å². The maximum atomic E-state index is 12.4. The van der Waals surface area contributed by atoms with E-state index in [9.17, 15) is 14.4 Å². The third-order valence-electron chi connectivity index (χ3n) is 5.62. The molecule has 1 N–H and O–H groups in total. The summed E-state index contributed by atoms with van der Waals surface area (Å²) in [6, 6.07) is 14.7. The lowest BCUT2D eigenvalue weighted by Crippen LogP contribution is -2.35. The molecule has 1 aliphatic rings. The predicted molar refractivity (Wildman–Crippen MR) is 121 cm³/mol. The fourth-order valence-electron chi connectivity index (χ4n) is 3.92. The molecule has 0 bridgehead atoms. The first-order valence-electron chi connectivity index (χ1n) is 10.8. The second-order valence-corrected chi connectivity index (χ2v) is 8.13. The van der Waals surface area contributed by atoms with Crippen LogP contribution in [0.2, 0.25) is 0 Å². The number of hydrogen-bond acceptors (Lipinski definition) is 5. The van der Waals surface area contributed by atoms with Crippen LogP contribution in [0.1, 0.15) is 33.0 Å². The second kappa shape index (κ2) is 9.32. The number of hydrogen-bond donors (Lipinski definition) is 1. The van der Waals surface area contributed by atoms with E-state index in [2.05, 4.69) is 20.9 Å². The Morgan fingerprint density at radius 3 is 2.31 bits per heavy atom. The molecule has 2 heterocycles. The summed E-state index contributed by atoms with van der Waals surface area (Å²) in [4.78, 5) is 45.2. The number of fused-ring (bicyclic) bond motifs is 2. The van der Waals surface area contributed by atoms with Gasteiger partial charge in [-0.1, -0.05) is 24.3 Å². The van der Waals surface area contributed by atoms with Gasteiger partial charge in [-0.2, -0.15) is 0 Å². The second-order valence-electron chi connectivity index (χ2n) is 8.13. The van der Waals surface area contributed by atoms with Crippen LogP contribution in [0.15, 0.2) is 48.5 Å². The standard InChI is InChI=1S/C24H27N5O3/c1-27(2)15-16-28-20-10-6-5-9-19(20)26-21(28)11-13-25-22(30)12-14-29-23(31)17-7-3-4-8-18(17)24(29)32/h3-10H,11-16H2,1-2H3,(H,25,30). The molecule has 0 spiro atoms. The number of para-hydroxylation sites is 2. The number of benzene rings is 2. The first-order valence-corrected chi connectivity index (χ1v) is 10.8. The van der Waals surface area contributed by atoms with Gasteiger partial charge in [-0.3, -0.25) is 19.3 Å². The maximum Gasteiger partial charge on any atom is 0.261 e. The summed E-state index contributed by atoms with van der Waals surface area (Å²) >= 11 is 0. The number of aromatic nitrogens is 2. The molecule has 1 aliphatic heterocycles. The Balaban J connectivity index is 1.32. The van der Waals surface area contributed by atoms with E-state index in [0.717, 1.165) is 34.8 Å². The minimum absolute atomic E-state index is 0.0690.